The quantitative estimate of drug-likeness (QED) is 0.444. The van der Waals surface area contributed by atoms with E-state index in [0.717, 1.165) is 0 Å². The maximum absolute atomic E-state index is 10.6. The Balaban J connectivity index is 3.45. The van der Waals surface area contributed by atoms with Gasteiger partial charge in [0.25, 0.3) is 0 Å². The highest BCUT2D eigenvalue weighted by Gasteiger charge is 2.05. The lowest BCUT2D eigenvalue weighted by atomic mass is 10.5. The van der Waals surface area contributed by atoms with Crippen molar-refractivity contribution in [2.45, 2.75) is 13.3 Å². The number of hydrogen-bond acceptors (Lipinski definition) is 4. The normalized spacial score (nSPS) is 8.33. The first-order valence-electron chi connectivity index (χ1n) is 3.45. The summed E-state index contributed by atoms with van der Waals surface area (Å²) in [6.45, 7) is 1.17. The van der Waals surface area contributed by atoms with Gasteiger partial charge in [0.2, 0.25) is 0 Å². The molecule has 0 saturated carbocycles. The molecule has 0 spiro atoms. The fraction of sp³-hybridized carbons (Fsp3) is 0.500. The molecular formula is C8H10O4. The summed E-state index contributed by atoms with van der Waals surface area (Å²) in [5.41, 5.74) is 0. The number of ether oxygens (including phenoxy) is 2. The number of rotatable bonds is 4. The summed E-state index contributed by atoms with van der Waals surface area (Å²) in [5.74, 6) is 1.05. The molecule has 0 aliphatic carbocycles. The molecule has 0 rings (SSSR count). The zero-order valence-corrected chi connectivity index (χ0v) is 6.83. The highest BCUT2D eigenvalue weighted by Crippen LogP contribution is 1.86. The topological polar surface area (TPSA) is 52.6 Å². The van der Waals surface area contributed by atoms with Crippen molar-refractivity contribution in [3.8, 4) is 12.3 Å². The molecule has 4 nitrogen and oxygen atoms in total. The second-order valence-corrected chi connectivity index (χ2v) is 1.88. The molecule has 0 bridgehead atoms. The van der Waals surface area contributed by atoms with Crippen molar-refractivity contribution < 1.29 is 19.1 Å². The van der Waals surface area contributed by atoms with E-state index in [9.17, 15) is 9.59 Å². The van der Waals surface area contributed by atoms with E-state index in [1.807, 2.05) is 0 Å². The average Bonchev–Trinajstić information content (AvgIpc) is 2.10. The van der Waals surface area contributed by atoms with Gasteiger partial charge in [-0.15, -0.1) is 6.42 Å². The Kier molecular flexibility index (Phi) is 5.45. The third kappa shape index (κ3) is 5.30. The molecule has 12 heavy (non-hydrogen) atoms. The third-order valence-corrected chi connectivity index (χ3v) is 0.956. The van der Waals surface area contributed by atoms with E-state index in [1.54, 1.807) is 6.92 Å². The van der Waals surface area contributed by atoms with Crippen LogP contribution in [0.2, 0.25) is 0 Å². The van der Waals surface area contributed by atoms with Gasteiger partial charge < -0.3 is 9.47 Å². The van der Waals surface area contributed by atoms with Crippen LogP contribution in [0.3, 0.4) is 0 Å². The van der Waals surface area contributed by atoms with Crippen LogP contribution < -0.4 is 0 Å². The van der Waals surface area contributed by atoms with Gasteiger partial charge in [0.15, 0.2) is 13.2 Å². The van der Waals surface area contributed by atoms with Gasteiger partial charge in [0.1, 0.15) is 0 Å². The van der Waals surface area contributed by atoms with Gasteiger partial charge in [0, 0.05) is 6.42 Å². The van der Waals surface area contributed by atoms with E-state index >= 15 is 0 Å². The minimum Gasteiger partial charge on any atom is -0.454 e. The number of hydrogen-bond donors (Lipinski definition) is 0. The first-order valence-corrected chi connectivity index (χ1v) is 3.45. The van der Waals surface area contributed by atoms with Crippen molar-refractivity contribution in [3.05, 3.63) is 0 Å². The second kappa shape index (κ2) is 6.23. The van der Waals surface area contributed by atoms with Crippen molar-refractivity contribution >= 4 is 11.9 Å². The molecule has 0 unspecified atom stereocenters. The van der Waals surface area contributed by atoms with Crippen molar-refractivity contribution in [2.24, 2.45) is 0 Å². The minimum absolute atomic E-state index is 0.0947. The lowest BCUT2D eigenvalue weighted by molar-refractivity contribution is -0.157. The Morgan fingerprint density at radius 1 is 1.33 bits per heavy atom. The van der Waals surface area contributed by atoms with Crippen molar-refractivity contribution in [1.29, 1.82) is 0 Å². The van der Waals surface area contributed by atoms with Crippen LogP contribution in [-0.4, -0.2) is 25.2 Å². The molecule has 0 amide bonds. The van der Waals surface area contributed by atoms with Gasteiger partial charge >= 0.3 is 11.9 Å². The summed E-state index contributed by atoms with van der Waals surface area (Å²) in [4.78, 5) is 21.1. The number of carbonyl (C=O) groups excluding carboxylic acids is 2. The van der Waals surface area contributed by atoms with Crippen molar-refractivity contribution in [1.82, 2.24) is 0 Å². The van der Waals surface area contributed by atoms with Crippen molar-refractivity contribution in [3.63, 3.8) is 0 Å². The molecule has 0 aromatic rings. The molecule has 0 atom stereocenters. The van der Waals surface area contributed by atoms with Gasteiger partial charge in [-0.05, 0) is 0 Å². The van der Waals surface area contributed by atoms with E-state index < -0.39 is 11.9 Å². The fourth-order valence-electron chi connectivity index (χ4n) is 0.405. The van der Waals surface area contributed by atoms with Crippen LogP contribution in [0, 0.1) is 12.3 Å². The van der Waals surface area contributed by atoms with E-state index in [2.05, 4.69) is 15.4 Å². The zero-order chi connectivity index (χ0) is 9.40. The summed E-state index contributed by atoms with van der Waals surface area (Å²) < 4.78 is 8.90. The number of esters is 2. The molecule has 0 aliphatic heterocycles. The maximum Gasteiger partial charge on any atom is 0.345 e. The van der Waals surface area contributed by atoms with Crippen LogP contribution in [0.4, 0.5) is 0 Å². The number of terminal acetylenes is 1. The molecule has 0 aromatic carbocycles. The van der Waals surface area contributed by atoms with Crippen LogP contribution in [0.25, 0.3) is 0 Å². The average molecular weight is 170 g/mol. The van der Waals surface area contributed by atoms with Gasteiger partial charge in [-0.3, -0.25) is 4.79 Å². The largest absolute Gasteiger partial charge is 0.454 e. The molecule has 4 heteroatoms. The van der Waals surface area contributed by atoms with Crippen LogP contribution in [0.15, 0.2) is 0 Å². The van der Waals surface area contributed by atoms with Gasteiger partial charge in [-0.25, -0.2) is 4.79 Å². The predicted octanol–water partition coefficient (Wildman–Crippen LogP) is 0.116. The SMILES string of the molecule is C#CCOC(=O)COC(=O)CC. The lowest BCUT2D eigenvalue weighted by Crippen LogP contribution is -2.15. The van der Waals surface area contributed by atoms with Crippen LogP contribution in [-0.2, 0) is 19.1 Å². The van der Waals surface area contributed by atoms with E-state index in [1.165, 1.54) is 0 Å². The highest BCUT2D eigenvalue weighted by atomic mass is 16.6. The van der Waals surface area contributed by atoms with Gasteiger partial charge in [-0.2, -0.15) is 0 Å². The molecule has 0 radical (unpaired) electrons. The lowest BCUT2D eigenvalue weighted by Gasteiger charge is -2.01. The van der Waals surface area contributed by atoms with Gasteiger partial charge in [-0.1, -0.05) is 12.8 Å². The Bertz CT molecular complexity index is 202. The van der Waals surface area contributed by atoms with E-state index in [0.29, 0.717) is 0 Å². The maximum atomic E-state index is 10.6. The molecule has 0 aliphatic rings. The van der Waals surface area contributed by atoms with E-state index in [4.69, 9.17) is 6.42 Å². The predicted molar refractivity (Wildman–Crippen MR) is 41.0 cm³/mol. The third-order valence-electron chi connectivity index (χ3n) is 0.956. The Labute approximate surface area is 70.8 Å². The molecule has 0 heterocycles. The van der Waals surface area contributed by atoms with Crippen LogP contribution in [0.1, 0.15) is 13.3 Å². The van der Waals surface area contributed by atoms with Gasteiger partial charge in [0.05, 0.1) is 0 Å². The van der Waals surface area contributed by atoms with Crippen LogP contribution in [0.5, 0.6) is 0 Å². The van der Waals surface area contributed by atoms with Crippen molar-refractivity contribution in [2.75, 3.05) is 13.2 Å². The first-order chi connectivity index (χ1) is 5.70. The molecule has 66 valence electrons. The number of carbonyl (C=O) groups is 2. The fourth-order valence-corrected chi connectivity index (χ4v) is 0.405. The zero-order valence-electron chi connectivity index (χ0n) is 6.83. The molecule has 0 fully saturated rings. The van der Waals surface area contributed by atoms with E-state index in [-0.39, 0.29) is 19.6 Å². The summed E-state index contributed by atoms with van der Waals surface area (Å²) in [6.07, 6.45) is 5.06. The molecular weight excluding hydrogens is 160 g/mol. The second-order valence-electron chi connectivity index (χ2n) is 1.88. The standard InChI is InChI=1S/C8H10O4/c1-3-5-11-8(10)6-12-7(9)4-2/h1H,4-6H2,2H3. The Morgan fingerprint density at radius 2 is 2.00 bits per heavy atom. The molecule has 0 saturated heterocycles. The van der Waals surface area contributed by atoms with Crippen LogP contribution >= 0.6 is 0 Å². The molecule has 0 aromatic heterocycles. The Morgan fingerprint density at radius 3 is 2.50 bits per heavy atom. The first kappa shape index (κ1) is 10.5. The highest BCUT2D eigenvalue weighted by molar-refractivity contribution is 5.76. The summed E-state index contributed by atoms with van der Waals surface area (Å²) in [6, 6.07) is 0. The Hall–Kier alpha value is -1.50. The smallest absolute Gasteiger partial charge is 0.345 e. The minimum atomic E-state index is -0.630. The summed E-state index contributed by atoms with van der Waals surface area (Å²) in [7, 11) is 0. The monoisotopic (exact) mass is 170 g/mol. The molecule has 0 N–H and O–H groups in total. The summed E-state index contributed by atoms with van der Waals surface area (Å²) >= 11 is 0. The summed E-state index contributed by atoms with van der Waals surface area (Å²) in [5, 5.41) is 0.